The Labute approximate surface area is 88.9 Å². The molecule has 0 aromatic carbocycles. The van der Waals surface area contributed by atoms with Crippen LogP contribution in [-0.4, -0.2) is 39.3 Å². The van der Waals surface area contributed by atoms with Crippen LogP contribution >= 0.6 is 11.8 Å². The van der Waals surface area contributed by atoms with Crippen LogP contribution in [0.25, 0.3) is 0 Å². The van der Waals surface area contributed by atoms with E-state index in [0.29, 0.717) is 12.8 Å². The van der Waals surface area contributed by atoms with Crippen LogP contribution in [0.5, 0.6) is 0 Å². The van der Waals surface area contributed by atoms with Crippen molar-refractivity contribution < 1.29 is 15.0 Å². The molecule has 0 bridgehead atoms. The number of aliphatic carboxylic acids is 1. The van der Waals surface area contributed by atoms with Gasteiger partial charge in [0.15, 0.2) is 0 Å². The van der Waals surface area contributed by atoms with Crippen molar-refractivity contribution in [3.63, 3.8) is 0 Å². The minimum absolute atomic E-state index is 0.478. The van der Waals surface area contributed by atoms with E-state index in [9.17, 15) is 9.90 Å². The molecular weight excluding hydrogens is 202 g/mol. The van der Waals surface area contributed by atoms with Crippen LogP contribution in [0, 0.1) is 0 Å². The van der Waals surface area contributed by atoms with Gasteiger partial charge in [0.1, 0.15) is 6.04 Å². The van der Waals surface area contributed by atoms with Gasteiger partial charge < -0.3 is 15.9 Å². The second kappa shape index (κ2) is 6.27. The van der Waals surface area contributed by atoms with Gasteiger partial charge in [-0.1, -0.05) is 0 Å². The second-order valence-electron chi connectivity index (χ2n) is 3.91. The third kappa shape index (κ3) is 8.34. The van der Waals surface area contributed by atoms with Crippen molar-refractivity contribution >= 4 is 17.7 Å². The fraction of sp³-hybridized carbons (Fsp3) is 0.889. The van der Waals surface area contributed by atoms with Gasteiger partial charge in [-0.3, -0.25) is 4.79 Å². The Hall–Kier alpha value is -0.260. The predicted octanol–water partition coefficient (Wildman–Crippen LogP) is 0.683. The largest absolute Gasteiger partial charge is 0.480 e. The number of nitrogens with two attached hydrogens (primary N) is 1. The molecule has 0 aromatic heterocycles. The molecule has 14 heavy (non-hydrogen) atoms. The molecule has 0 fully saturated rings. The molecular formula is C9H19NO3S. The number of rotatable bonds is 7. The molecule has 0 radical (unpaired) electrons. The summed E-state index contributed by atoms with van der Waals surface area (Å²) in [5, 5.41) is 17.9. The van der Waals surface area contributed by atoms with Gasteiger partial charge in [-0.05, 0) is 38.2 Å². The molecule has 0 aliphatic rings. The van der Waals surface area contributed by atoms with Gasteiger partial charge in [0.05, 0.1) is 5.60 Å². The lowest BCUT2D eigenvalue weighted by Gasteiger charge is -2.16. The Kier molecular flexibility index (Phi) is 6.15. The summed E-state index contributed by atoms with van der Waals surface area (Å²) in [7, 11) is 0. The first kappa shape index (κ1) is 13.7. The monoisotopic (exact) mass is 221 g/mol. The van der Waals surface area contributed by atoms with Crippen LogP contribution in [0.3, 0.4) is 0 Å². The Bertz CT molecular complexity index is 179. The fourth-order valence-corrected chi connectivity index (χ4v) is 2.03. The third-order valence-corrected chi connectivity index (χ3v) is 2.77. The maximum absolute atomic E-state index is 10.3. The summed E-state index contributed by atoms with van der Waals surface area (Å²) < 4.78 is 0. The van der Waals surface area contributed by atoms with E-state index in [1.54, 1.807) is 25.6 Å². The average molecular weight is 221 g/mol. The molecule has 4 nitrogen and oxygen atoms in total. The molecule has 0 saturated heterocycles. The smallest absolute Gasteiger partial charge is 0.320 e. The predicted molar refractivity (Wildman–Crippen MR) is 58.5 cm³/mol. The summed E-state index contributed by atoms with van der Waals surface area (Å²) in [6.45, 7) is 3.52. The van der Waals surface area contributed by atoms with Gasteiger partial charge in [0, 0.05) is 0 Å². The van der Waals surface area contributed by atoms with E-state index in [0.717, 1.165) is 11.5 Å². The van der Waals surface area contributed by atoms with Crippen LogP contribution in [0.4, 0.5) is 0 Å². The molecule has 1 atom stereocenters. The zero-order valence-corrected chi connectivity index (χ0v) is 9.51. The zero-order valence-electron chi connectivity index (χ0n) is 8.69. The van der Waals surface area contributed by atoms with E-state index in [4.69, 9.17) is 10.8 Å². The van der Waals surface area contributed by atoms with E-state index < -0.39 is 17.6 Å². The topological polar surface area (TPSA) is 83.5 Å². The van der Waals surface area contributed by atoms with Gasteiger partial charge in [-0.15, -0.1) is 0 Å². The Morgan fingerprint density at radius 3 is 2.50 bits per heavy atom. The first-order chi connectivity index (χ1) is 6.33. The molecule has 0 aliphatic heterocycles. The van der Waals surface area contributed by atoms with Gasteiger partial charge in [-0.2, -0.15) is 11.8 Å². The summed E-state index contributed by atoms with van der Waals surface area (Å²) in [4.78, 5) is 10.3. The van der Waals surface area contributed by atoms with Crippen molar-refractivity contribution in [2.75, 3.05) is 11.5 Å². The summed E-state index contributed by atoms with van der Waals surface area (Å²) in [6.07, 6.45) is 1.19. The molecule has 0 aromatic rings. The number of thioether (sulfide) groups is 1. The van der Waals surface area contributed by atoms with Crippen LogP contribution in [0.15, 0.2) is 0 Å². The van der Waals surface area contributed by atoms with Crippen molar-refractivity contribution in [1.82, 2.24) is 0 Å². The summed E-state index contributed by atoms with van der Waals surface area (Å²) in [6, 6.07) is -0.760. The highest BCUT2D eigenvalue weighted by atomic mass is 32.2. The molecule has 0 rings (SSSR count). The Morgan fingerprint density at radius 2 is 2.07 bits per heavy atom. The first-order valence-corrected chi connectivity index (χ1v) is 5.77. The maximum atomic E-state index is 10.3. The molecule has 0 amide bonds. The second-order valence-corrected chi connectivity index (χ2v) is 5.13. The van der Waals surface area contributed by atoms with Crippen molar-refractivity contribution in [3.8, 4) is 0 Å². The summed E-state index contributed by atoms with van der Waals surface area (Å²) in [5.74, 6) is 0.604. The van der Waals surface area contributed by atoms with E-state index in [2.05, 4.69) is 0 Å². The standard InChI is InChI=1S/C9H19NO3S/c1-9(2,13)4-6-14-5-3-7(10)8(11)12/h7,13H,3-6,10H2,1-2H3,(H,11,12). The van der Waals surface area contributed by atoms with Crippen LogP contribution in [0.2, 0.25) is 0 Å². The van der Waals surface area contributed by atoms with Gasteiger partial charge in [0.2, 0.25) is 0 Å². The SMILES string of the molecule is CC(C)(O)CCSCCC(N)C(=O)O. The Balaban J connectivity index is 3.35. The quantitative estimate of drug-likeness (QED) is 0.551. The molecule has 5 heteroatoms. The number of hydrogen-bond donors (Lipinski definition) is 3. The van der Waals surface area contributed by atoms with Crippen LogP contribution in [-0.2, 0) is 4.79 Å². The average Bonchev–Trinajstić information content (AvgIpc) is 2.01. The van der Waals surface area contributed by atoms with E-state index in [1.807, 2.05) is 0 Å². The first-order valence-electron chi connectivity index (χ1n) is 4.61. The van der Waals surface area contributed by atoms with Crippen molar-refractivity contribution in [2.45, 2.75) is 38.3 Å². The highest BCUT2D eigenvalue weighted by molar-refractivity contribution is 7.99. The lowest BCUT2D eigenvalue weighted by Crippen LogP contribution is -2.30. The van der Waals surface area contributed by atoms with Crippen molar-refractivity contribution in [1.29, 1.82) is 0 Å². The van der Waals surface area contributed by atoms with Gasteiger partial charge in [-0.25, -0.2) is 0 Å². The van der Waals surface area contributed by atoms with Crippen LogP contribution in [0.1, 0.15) is 26.7 Å². The lowest BCUT2D eigenvalue weighted by atomic mass is 10.1. The molecule has 0 spiro atoms. The maximum Gasteiger partial charge on any atom is 0.320 e. The third-order valence-electron chi connectivity index (χ3n) is 1.75. The van der Waals surface area contributed by atoms with E-state index >= 15 is 0 Å². The molecule has 4 N–H and O–H groups in total. The highest BCUT2D eigenvalue weighted by Gasteiger charge is 2.13. The number of carbonyl (C=O) groups is 1. The number of aliphatic hydroxyl groups is 1. The fourth-order valence-electron chi connectivity index (χ4n) is 0.758. The van der Waals surface area contributed by atoms with Crippen molar-refractivity contribution in [2.24, 2.45) is 5.73 Å². The molecule has 0 saturated carbocycles. The minimum atomic E-state index is -0.951. The normalized spacial score (nSPS) is 14.0. The zero-order chi connectivity index (χ0) is 11.2. The summed E-state index contributed by atoms with van der Waals surface area (Å²) in [5.41, 5.74) is 4.69. The van der Waals surface area contributed by atoms with E-state index in [-0.39, 0.29) is 0 Å². The summed E-state index contributed by atoms with van der Waals surface area (Å²) >= 11 is 1.62. The number of carboxylic acids is 1. The molecule has 84 valence electrons. The highest BCUT2D eigenvalue weighted by Crippen LogP contribution is 2.13. The van der Waals surface area contributed by atoms with Crippen LogP contribution < -0.4 is 5.73 Å². The van der Waals surface area contributed by atoms with Gasteiger partial charge >= 0.3 is 5.97 Å². The molecule has 0 heterocycles. The number of carboxylic acid groups (broad SMARTS) is 1. The number of hydrogen-bond acceptors (Lipinski definition) is 4. The lowest BCUT2D eigenvalue weighted by molar-refractivity contribution is -0.138. The van der Waals surface area contributed by atoms with Crippen molar-refractivity contribution in [3.05, 3.63) is 0 Å². The molecule has 0 aliphatic carbocycles. The molecule has 1 unspecified atom stereocenters. The Morgan fingerprint density at radius 1 is 1.50 bits per heavy atom. The minimum Gasteiger partial charge on any atom is -0.480 e. The van der Waals surface area contributed by atoms with E-state index in [1.165, 1.54) is 0 Å². The van der Waals surface area contributed by atoms with Gasteiger partial charge in [0.25, 0.3) is 0 Å².